The van der Waals surface area contributed by atoms with Crippen molar-refractivity contribution in [1.29, 1.82) is 0 Å². The molecule has 0 radical (unpaired) electrons. The third-order valence-electron chi connectivity index (χ3n) is 5.33. The molecule has 0 aliphatic carbocycles. The molecular weight excluding hydrogens is 470 g/mol. The lowest BCUT2D eigenvalue weighted by Gasteiger charge is -2.19. The highest BCUT2D eigenvalue weighted by Crippen LogP contribution is 2.39. The van der Waals surface area contributed by atoms with Crippen molar-refractivity contribution in [2.24, 2.45) is 0 Å². The van der Waals surface area contributed by atoms with Crippen molar-refractivity contribution in [2.45, 2.75) is 6.54 Å². The van der Waals surface area contributed by atoms with E-state index >= 15 is 0 Å². The second-order valence-electron chi connectivity index (χ2n) is 7.52. The molecule has 5 rings (SSSR count). The molecule has 34 heavy (non-hydrogen) atoms. The average Bonchev–Trinajstić information content (AvgIpc) is 3.33. The summed E-state index contributed by atoms with van der Waals surface area (Å²) < 4.78 is 12.1. The number of hydrogen-bond acceptors (Lipinski definition) is 6. The summed E-state index contributed by atoms with van der Waals surface area (Å²) in [7, 11) is 1.58. The zero-order valence-electron chi connectivity index (χ0n) is 18.3. The smallest absolute Gasteiger partial charge is 0.267 e. The van der Waals surface area contributed by atoms with Crippen molar-refractivity contribution in [3.8, 4) is 11.5 Å². The Labute approximate surface area is 205 Å². The Morgan fingerprint density at radius 1 is 1.03 bits per heavy atom. The Kier molecular flexibility index (Phi) is 6.29. The molecule has 0 saturated carbocycles. The predicted octanol–water partition coefficient (Wildman–Crippen LogP) is 6.12. The van der Waals surface area contributed by atoms with Gasteiger partial charge in [-0.3, -0.25) is 14.7 Å². The number of carbonyl (C=O) groups is 1. The molecule has 0 spiro atoms. The average molecular weight is 490 g/mol. The standard InChI is InChI=1S/C26H20ClN3O3S/c1-32-22-12-11-21(27)25-24(22)29-26(34-25)30(15-19-8-4-5-13-28-19)23(31)16-33-20-10-9-17-6-2-3-7-18(17)14-20/h2-14H,15-16H2,1H3. The van der Waals surface area contributed by atoms with Gasteiger partial charge in [0.05, 0.1) is 29.1 Å². The molecule has 5 aromatic rings. The maximum absolute atomic E-state index is 13.4. The largest absolute Gasteiger partial charge is 0.494 e. The van der Waals surface area contributed by atoms with Crippen LogP contribution in [0.2, 0.25) is 5.02 Å². The summed E-state index contributed by atoms with van der Waals surface area (Å²) in [5.74, 6) is 0.978. The summed E-state index contributed by atoms with van der Waals surface area (Å²) in [6.45, 7) is 0.104. The van der Waals surface area contributed by atoms with Crippen LogP contribution in [-0.4, -0.2) is 29.6 Å². The van der Waals surface area contributed by atoms with Gasteiger partial charge in [-0.15, -0.1) is 0 Å². The second-order valence-corrected chi connectivity index (χ2v) is 8.91. The van der Waals surface area contributed by atoms with Gasteiger partial charge in [0, 0.05) is 6.20 Å². The molecule has 170 valence electrons. The first-order chi connectivity index (χ1) is 16.6. The predicted molar refractivity (Wildman–Crippen MR) is 136 cm³/mol. The molecule has 0 fully saturated rings. The van der Waals surface area contributed by atoms with Gasteiger partial charge in [0.15, 0.2) is 11.7 Å². The Bertz CT molecular complexity index is 1470. The molecule has 2 heterocycles. The van der Waals surface area contributed by atoms with Crippen LogP contribution in [0.5, 0.6) is 11.5 Å². The molecule has 1 amide bonds. The van der Waals surface area contributed by atoms with Gasteiger partial charge >= 0.3 is 0 Å². The molecule has 6 nitrogen and oxygen atoms in total. The van der Waals surface area contributed by atoms with Crippen molar-refractivity contribution in [1.82, 2.24) is 9.97 Å². The lowest BCUT2D eigenvalue weighted by Crippen LogP contribution is -2.34. The molecule has 0 unspecified atom stereocenters. The number of thiazole rings is 1. The highest BCUT2D eigenvalue weighted by atomic mass is 35.5. The van der Waals surface area contributed by atoms with Crippen molar-refractivity contribution in [3.05, 3.63) is 89.7 Å². The molecule has 3 aromatic carbocycles. The summed E-state index contributed by atoms with van der Waals surface area (Å²) in [5, 5.41) is 3.21. The first kappa shape index (κ1) is 22.1. The van der Waals surface area contributed by atoms with Gasteiger partial charge in [-0.1, -0.05) is 59.3 Å². The van der Waals surface area contributed by atoms with E-state index in [1.807, 2.05) is 60.7 Å². The lowest BCUT2D eigenvalue weighted by atomic mass is 10.1. The lowest BCUT2D eigenvalue weighted by molar-refractivity contribution is -0.120. The van der Waals surface area contributed by atoms with Crippen molar-refractivity contribution in [3.63, 3.8) is 0 Å². The molecule has 0 N–H and O–H groups in total. The van der Waals surface area contributed by atoms with Crippen LogP contribution in [0.25, 0.3) is 21.0 Å². The summed E-state index contributed by atoms with van der Waals surface area (Å²) in [5.41, 5.74) is 1.35. The molecule has 0 bridgehead atoms. The maximum Gasteiger partial charge on any atom is 0.267 e. The maximum atomic E-state index is 13.4. The van der Waals surface area contributed by atoms with Crippen LogP contribution in [0.1, 0.15) is 5.69 Å². The number of halogens is 1. The van der Waals surface area contributed by atoms with Gasteiger partial charge in [-0.2, -0.15) is 0 Å². The molecule has 0 aliphatic rings. The fourth-order valence-electron chi connectivity index (χ4n) is 3.62. The molecular formula is C26H20ClN3O3S. The third kappa shape index (κ3) is 4.53. The third-order valence-corrected chi connectivity index (χ3v) is 6.87. The van der Waals surface area contributed by atoms with E-state index in [0.29, 0.717) is 27.2 Å². The SMILES string of the molecule is COc1ccc(Cl)c2sc(N(Cc3ccccn3)C(=O)COc3ccc4ccccc4c3)nc12. The fraction of sp³-hybridized carbons (Fsp3) is 0.115. The van der Waals surface area contributed by atoms with E-state index in [9.17, 15) is 4.79 Å². The highest BCUT2D eigenvalue weighted by molar-refractivity contribution is 7.23. The van der Waals surface area contributed by atoms with Gasteiger partial charge in [-0.05, 0) is 47.2 Å². The van der Waals surface area contributed by atoms with Gasteiger partial charge in [0.2, 0.25) is 0 Å². The molecule has 2 aromatic heterocycles. The summed E-state index contributed by atoms with van der Waals surface area (Å²) in [6.07, 6.45) is 1.70. The Balaban J connectivity index is 1.45. The molecule has 0 atom stereocenters. The number of methoxy groups -OCH3 is 1. The van der Waals surface area contributed by atoms with E-state index in [-0.39, 0.29) is 19.1 Å². The van der Waals surface area contributed by atoms with Crippen LogP contribution in [0.4, 0.5) is 5.13 Å². The Hall–Kier alpha value is -3.68. The van der Waals surface area contributed by atoms with Crippen molar-refractivity contribution < 1.29 is 14.3 Å². The minimum absolute atomic E-state index is 0.147. The topological polar surface area (TPSA) is 64.5 Å². The van der Waals surface area contributed by atoms with Crippen LogP contribution in [0, 0.1) is 0 Å². The van der Waals surface area contributed by atoms with Crippen LogP contribution in [-0.2, 0) is 11.3 Å². The van der Waals surface area contributed by atoms with Gasteiger partial charge < -0.3 is 9.47 Å². The fourth-order valence-corrected chi connectivity index (χ4v) is 4.89. The first-order valence-electron chi connectivity index (χ1n) is 10.6. The van der Waals surface area contributed by atoms with Gasteiger partial charge in [0.1, 0.15) is 17.0 Å². The second kappa shape index (κ2) is 9.67. The number of aromatic nitrogens is 2. The van der Waals surface area contributed by atoms with E-state index in [0.717, 1.165) is 21.2 Å². The van der Waals surface area contributed by atoms with E-state index in [2.05, 4.69) is 9.97 Å². The minimum atomic E-state index is -0.243. The number of anilines is 1. The summed E-state index contributed by atoms with van der Waals surface area (Å²) in [6, 6.07) is 22.9. The summed E-state index contributed by atoms with van der Waals surface area (Å²) >= 11 is 7.74. The van der Waals surface area contributed by atoms with Gasteiger partial charge in [-0.25, -0.2) is 4.98 Å². The normalized spacial score (nSPS) is 11.0. The van der Waals surface area contributed by atoms with Crippen LogP contribution in [0.15, 0.2) is 79.0 Å². The monoisotopic (exact) mass is 489 g/mol. The number of carbonyl (C=O) groups excluding carboxylic acids is 1. The number of ether oxygens (including phenoxy) is 2. The van der Waals surface area contributed by atoms with E-state index in [4.69, 9.17) is 21.1 Å². The van der Waals surface area contributed by atoms with Crippen molar-refractivity contribution >= 4 is 55.0 Å². The van der Waals surface area contributed by atoms with Crippen LogP contribution in [0.3, 0.4) is 0 Å². The number of rotatable bonds is 7. The molecule has 0 saturated heterocycles. The van der Waals surface area contributed by atoms with Crippen LogP contribution < -0.4 is 14.4 Å². The molecule has 0 aliphatic heterocycles. The number of pyridine rings is 1. The summed E-state index contributed by atoms with van der Waals surface area (Å²) in [4.78, 5) is 24.0. The quantitative estimate of drug-likeness (QED) is 0.275. The van der Waals surface area contributed by atoms with Crippen LogP contribution >= 0.6 is 22.9 Å². The number of hydrogen-bond donors (Lipinski definition) is 0. The number of benzene rings is 3. The zero-order chi connectivity index (χ0) is 23.5. The Morgan fingerprint density at radius 3 is 2.65 bits per heavy atom. The number of amides is 1. The first-order valence-corrected chi connectivity index (χ1v) is 11.8. The number of nitrogens with zero attached hydrogens (tertiary/aromatic N) is 3. The minimum Gasteiger partial charge on any atom is -0.494 e. The zero-order valence-corrected chi connectivity index (χ0v) is 19.8. The van der Waals surface area contributed by atoms with E-state index < -0.39 is 0 Å². The number of fused-ring (bicyclic) bond motifs is 2. The van der Waals surface area contributed by atoms with Crippen molar-refractivity contribution in [2.75, 3.05) is 18.6 Å². The van der Waals surface area contributed by atoms with E-state index in [1.54, 1.807) is 30.3 Å². The van der Waals surface area contributed by atoms with Gasteiger partial charge in [0.25, 0.3) is 5.91 Å². The highest BCUT2D eigenvalue weighted by Gasteiger charge is 2.23. The molecule has 8 heteroatoms. The Morgan fingerprint density at radius 2 is 1.85 bits per heavy atom. The van der Waals surface area contributed by atoms with E-state index in [1.165, 1.54) is 11.3 Å².